The molecular weight excluding hydrogens is 681 g/mol. The molecule has 0 saturated carbocycles. The Kier molecular flexibility index (Phi) is 9.98. The van der Waals surface area contributed by atoms with Gasteiger partial charge in [0.15, 0.2) is 17.2 Å². The molecule has 0 unspecified atom stereocenters. The number of halogens is 6. The van der Waals surface area contributed by atoms with Gasteiger partial charge >= 0.3 is 12.3 Å². The predicted octanol–water partition coefficient (Wildman–Crippen LogP) is 5.08. The fourth-order valence-corrected chi connectivity index (χ4v) is 5.33. The second-order valence-electron chi connectivity index (χ2n) is 12.0. The number of alkyl halides is 5. The van der Waals surface area contributed by atoms with E-state index in [2.05, 4.69) is 25.7 Å². The molecule has 4 heterocycles. The van der Waals surface area contributed by atoms with Crippen molar-refractivity contribution >= 4 is 46.7 Å². The summed E-state index contributed by atoms with van der Waals surface area (Å²) in [6.07, 6.45) is -3.80. The van der Waals surface area contributed by atoms with Crippen LogP contribution in [-0.4, -0.2) is 96.6 Å². The van der Waals surface area contributed by atoms with E-state index < -0.39 is 42.1 Å². The molecule has 49 heavy (non-hydrogen) atoms. The number of carbonyl (C=O) groups excluding carboxylic acids is 3. The van der Waals surface area contributed by atoms with E-state index in [1.54, 1.807) is 31.7 Å². The van der Waals surface area contributed by atoms with Gasteiger partial charge in [-0.3, -0.25) is 18.7 Å². The van der Waals surface area contributed by atoms with E-state index >= 15 is 0 Å². The first-order chi connectivity index (χ1) is 23.0. The molecule has 2 N–H and O–H groups in total. The van der Waals surface area contributed by atoms with Gasteiger partial charge in [0.1, 0.15) is 18.7 Å². The van der Waals surface area contributed by atoms with Crippen LogP contribution >= 0.6 is 11.6 Å². The summed E-state index contributed by atoms with van der Waals surface area (Å²) in [5, 5.41) is 8.86. The van der Waals surface area contributed by atoms with Gasteiger partial charge < -0.3 is 25.2 Å². The van der Waals surface area contributed by atoms with Crippen LogP contribution in [0.1, 0.15) is 36.8 Å². The van der Waals surface area contributed by atoms with Crippen LogP contribution < -0.4 is 10.6 Å². The topological polar surface area (TPSA) is 139 Å². The predicted molar refractivity (Wildman–Crippen MR) is 167 cm³/mol. The van der Waals surface area contributed by atoms with E-state index in [4.69, 9.17) is 16.3 Å². The summed E-state index contributed by atoms with van der Waals surface area (Å²) in [5.74, 6) is -0.539. The Labute approximate surface area is 281 Å². The third-order valence-corrected chi connectivity index (χ3v) is 7.54. The van der Waals surface area contributed by atoms with Crippen LogP contribution in [0.3, 0.4) is 0 Å². The Morgan fingerprint density at radius 2 is 1.73 bits per heavy atom. The molecule has 0 spiro atoms. The summed E-state index contributed by atoms with van der Waals surface area (Å²) in [7, 11) is 0. The molecule has 1 aromatic carbocycles. The number of alkyl carbamates (subject to hydrolysis) is 1. The van der Waals surface area contributed by atoms with Crippen molar-refractivity contribution in [1.29, 1.82) is 0 Å². The van der Waals surface area contributed by atoms with Crippen LogP contribution in [-0.2, 0) is 22.3 Å². The highest BCUT2D eigenvalue weighted by atomic mass is 35.5. The number of ether oxygens (including phenoxy) is 1. The number of aromatic nitrogens is 5. The molecule has 0 aliphatic carbocycles. The number of nitrogens with zero attached hydrogens (tertiary/aromatic N) is 7. The van der Waals surface area contributed by atoms with Gasteiger partial charge in [-0.15, -0.1) is 0 Å². The normalized spacial score (nSPS) is 14.0. The highest BCUT2D eigenvalue weighted by Crippen LogP contribution is 2.37. The highest BCUT2D eigenvalue weighted by molar-refractivity contribution is 6.34. The Balaban J connectivity index is 1.25. The standard InChI is InChI=1S/C30H31ClF5N9O4/c1-29(2,3)49-28(48)39-14-23(46)42-8-10-43(11-9-42)27(47)18-5-4-17(12-20(18)31)40-25-26-38-13-21(45(26)7-6-37-25)19-15-44(16-22(32)33)41-24(19)30(34,35)36/h4-7,12-13,15,22H,8-11,14,16H2,1-3H3,(H,37,40)(H,39,48). The minimum atomic E-state index is -4.91. The Bertz CT molecular complexity index is 1860. The molecule has 19 heteroatoms. The van der Waals surface area contributed by atoms with E-state index in [9.17, 15) is 36.3 Å². The zero-order valence-corrected chi connectivity index (χ0v) is 27.1. The number of hydrogen-bond donors (Lipinski definition) is 2. The monoisotopic (exact) mass is 711 g/mol. The Morgan fingerprint density at radius 1 is 1.04 bits per heavy atom. The molecule has 0 radical (unpaired) electrons. The molecule has 5 rings (SSSR count). The first-order valence-electron chi connectivity index (χ1n) is 14.9. The molecule has 0 bridgehead atoms. The number of hydrogen-bond acceptors (Lipinski definition) is 8. The van der Waals surface area contributed by atoms with Crippen molar-refractivity contribution in [3.05, 3.63) is 59.3 Å². The van der Waals surface area contributed by atoms with Crippen molar-refractivity contribution in [2.24, 2.45) is 0 Å². The van der Waals surface area contributed by atoms with Crippen LogP contribution in [0.15, 0.2) is 43.0 Å². The average Bonchev–Trinajstić information content (AvgIpc) is 3.63. The first-order valence-corrected chi connectivity index (χ1v) is 15.2. The van der Waals surface area contributed by atoms with Crippen LogP contribution in [0.2, 0.25) is 5.02 Å². The maximum absolute atomic E-state index is 13.8. The molecule has 3 aromatic heterocycles. The summed E-state index contributed by atoms with van der Waals surface area (Å²) in [5.41, 5.74) is -1.81. The molecule has 1 fully saturated rings. The first kappa shape index (κ1) is 35.3. The molecular formula is C30H31ClF5N9O4. The van der Waals surface area contributed by atoms with Gasteiger partial charge in [-0.05, 0) is 39.0 Å². The van der Waals surface area contributed by atoms with Crippen molar-refractivity contribution < 1.29 is 41.1 Å². The minimum absolute atomic E-state index is 0.0478. The molecule has 3 amide bonds. The lowest BCUT2D eigenvalue weighted by Crippen LogP contribution is -2.52. The quantitative estimate of drug-likeness (QED) is 0.241. The maximum Gasteiger partial charge on any atom is 0.435 e. The largest absolute Gasteiger partial charge is 0.444 e. The third kappa shape index (κ3) is 8.36. The van der Waals surface area contributed by atoms with Crippen molar-refractivity contribution in [2.45, 2.75) is 45.5 Å². The number of fused-ring (bicyclic) bond motifs is 1. The minimum Gasteiger partial charge on any atom is -0.444 e. The summed E-state index contributed by atoms with van der Waals surface area (Å²) >= 11 is 6.49. The van der Waals surface area contributed by atoms with Crippen LogP contribution in [0, 0.1) is 0 Å². The van der Waals surface area contributed by atoms with Gasteiger partial charge in [-0.1, -0.05) is 11.6 Å². The SMILES string of the molecule is CC(C)(C)OC(=O)NCC(=O)N1CCN(C(=O)c2ccc(Nc3nccn4c(-c5cn(CC(F)F)nc5C(F)(F)F)cnc34)cc2Cl)CC1. The molecule has 1 saturated heterocycles. The fourth-order valence-electron chi connectivity index (χ4n) is 5.07. The van der Waals surface area contributed by atoms with E-state index in [1.807, 2.05) is 0 Å². The molecule has 13 nitrogen and oxygen atoms in total. The van der Waals surface area contributed by atoms with Crippen molar-refractivity contribution in [2.75, 3.05) is 38.0 Å². The van der Waals surface area contributed by atoms with Gasteiger partial charge in [-0.25, -0.2) is 23.5 Å². The second-order valence-corrected chi connectivity index (χ2v) is 12.4. The van der Waals surface area contributed by atoms with Gasteiger partial charge in [0, 0.05) is 50.5 Å². The molecule has 0 atom stereocenters. The number of nitrogens with one attached hydrogen (secondary N) is 2. The number of imidazole rings is 1. The average molecular weight is 712 g/mol. The highest BCUT2D eigenvalue weighted by Gasteiger charge is 2.38. The van der Waals surface area contributed by atoms with Gasteiger partial charge in [0.05, 0.1) is 28.0 Å². The third-order valence-electron chi connectivity index (χ3n) is 7.22. The maximum atomic E-state index is 13.8. The number of rotatable bonds is 8. The van der Waals surface area contributed by atoms with Gasteiger partial charge in [0.25, 0.3) is 12.3 Å². The van der Waals surface area contributed by atoms with Crippen LogP contribution in [0.4, 0.5) is 38.3 Å². The lowest BCUT2D eigenvalue weighted by molar-refractivity contribution is -0.141. The number of benzene rings is 1. The van der Waals surface area contributed by atoms with E-state index in [1.165, 1.54) is 33.8 Å². The molecule has 262 valence electrons. The fraction of sp³-hybridized carbons (Fsp3) is 0.400. The summed E-state index contributed by atoms with van der Waals surface area (Å²) in [6, 6.07) is 4.54. The van der Waals surface area contributed by atoms with Crippen molar-refractivity contribution in [3.8, 4) is 11.3 Å². The molecule has 4 aromatic rings. The van der Waals surface area contributed by atoms with Crippen LogP contribution in [0.5, 0.6) is 0 Å². The van der Waals surface area contributed by atoms with Gasteiger partial charge in [-0.2, -0.15) is 18.3 Å². The lowest BCUT2D eigenvalue weighted by Gasteiger charge is -2.35. The second kappa shape index (κ2) is 13.9. The number of piperazine rings is 1. The molecule has 1 aliphatic rings. The number of carbonyl (C=O) groups is 3. The smallest absolute Gasteiger partial charge is 0.435 e. The Morgan fingerprint density at radius 3 is 2.37 bits per heavy atom. The van der Waals surface area contributed by atoms with Crippen molar-refractivity contribution in [3.63, 3.8) is 0 Å². The van der Waals surface area contributed by atoms with E-state index in [0.717, 1.165) is 12.4 Å². The van der Waals surface area contributed by atoms with Gasteiger partial charge in [0.2, 0.25) is 5.91 Å². The molecule has 1 aliphatic heterocycles. The summed E-state index contributed by atoms with van der Waals surface area (Å²) in [4.78, 5) is 49.2. The lowest BCUT2D eigenvalue weighted by atomic mass is 10.1. The van der Waals surface area contributed by atoms with E-state index in [0.29, 0.717) is 10.4 Å². The zero-order valence-electron chi connectivity index (χ0n) is 26.4. The number of anilines is 2. The Hall–Kier alpha value is -5.00. The zero-order chi connectivity index (χ0) is 35.7. The van der Waals surface area contributed by atoms with Crippen molar-refractivity contribution in [1.82, 2.24) is 39.3 Å². The van der Waals surface area contributed by atoms with Crippen LogP contribution in [0.25, 0.3) is 16.9 Å². The van der Waals surface area contributed by atoms with E-state index in [-0.39, 0.29) is 72.3 Å². The summed E-state index contributed by atoms with van der Waals surface area (Å²) < 4.78 is 74.0. The summed E-state index contributed by atoms with van der Waals surface area (Å²) in [6.45, 7) is 4.83. The number of amides is 3.